The predicted octanol–water partition coefficient (Wildman–Crippen LogP) is 7.46. The summed E-state index contributed by atoms with van der Waals surface area (Å²) in [5, 5.41) is 5.46. The molecule has 1 aromatic heterocycles. The van der Waals surface area contributed by atoms with Crippen LogP contribution in [0.15, 0.2) is 99.0 Å². The molecule has 5 nitrogen and oxygen atoms in total. The number of nitrogens with one attached hydrogen (secondary N) is 1. The van der Waals surface area contributed by atoms with Gasteiger partial charge in [0.15, 0.2) is 0 Å². The molecule has 5 rings (SSSR count). The van der Waals surface area contributed by atoms with E-state index in [0.29, 0.717) is 12.3 Å². The van der Waals surface area contributed by atoms with E-state index in [9.17, 15) is 4.79 Å². The van der Waals surface area contributed by atoms with Crippen LogP contribution >= 0.6 is 23.1 Å². The Balaban J connectivity index is 1.46. The number of benzene rings is 3. The van der Waals surface area contributed by atoms with Crippen LogP contribution in [0, 0.1) is 0 Å². The Morgan fingerprint density at radius 2 is 1.71 bits per heavy atom. The van der Waals surface area contributed by atoms with Crippen molar-refractivity contribution in [1.29, 1.82) is 0 Å². The number of aliphatic imine (C=N–C) groups is 1. The summed E-state index contributed by atoms with van der Waals surface area (Å²) in [6.45, 7) is 2.02. The van der Waals surface area contributed by atoms with Gasteiger partial charge in [-0.25, -0.2) is 4.99 Å². The van der Waals surface area contributed by atoms with Gasteiger partial charge in [-0.3, -0.25) is 9.69 Å². The molecule has 0 spiro atoms. The number of thiophene rings is 1. The molecule has 2 heterocycles. The van der Waals surface area contributed by atoms with Gasteiger partial charge in [0.1, 0.15) is 5.84 Å². The number of carbonyl (C=O) groups excluding carboxylic acids is 1. The zero-order valence-corrected chi connectivity index (χ0v) is 20.3. The van der Waals surface area contributed by atoms with Gasteiger partial charge in [-0.2, -0.15) is 0 Å². The van der Waals surface area contributed by atoms with Crippen LogP contribution < -0.4 is 16.0 Å². The number of amides is 1. The summed E-state index contributed by atoms with van der Waals surface area (Å²) in [6, 6.07) is 25.9. The van der Waals surface area contributed by atoms with Gasteiger partial charge in [0.25, 0.3) is 0 Å². The van der Waals surface area contributed by atoms with Gasteiger partial charge in [0.05, 0.1) is 27.6 Å². The molecule has 170 valence electrons. The topological polar surface area (TPSA) is 70.7 Å². The average molecular weight is 485 g/mol. The van der Waals surface area contributed by atoms with Crippen molar-refractivity contribution in [1.82, 2.24) is 0 Å². The Hall–Kier alpha value is -3.55. The molecule has 34 heavy (non-hydrogen) atoms. The summed E-state index contributed by atoms with van der Waals surface area (Å²) in [7, 11) is 0. The Kier molecular flexibility index (Phi) is 6.38. The molecule has 1 aliphatic rings. The molecule has 0 bridgehead atoms. The molecular weight excluding hydrogens is 460 g/mol. The molecule has 0 fully saturated rings. The molecule has 3 N–H and O–H groups in total. The highest BCUT2D eigenvalue weighted by Gasteiger charge is 2.21. The van der Waals surface area contributed by atoms with Gasteiger partial charge >= 0.3 is 0 Å². The third kappa shape index (κ3) is 4.58. The Morgan fingerprint density at radius 3 is 2.47 bits per heavy atom. The number of rotatable bonds is 6. The Labute approximate surface area is 207 Å². The van der Waals surface area contributed by atoms with Crippen LogP contribution in [0.5, 0.6) is 0 Å². The number of anilines is 4. The maximum Gasteiger partial charge on any atom is 0.231 e. The highest BCUT2D eigenvalue weighted by Crippen LogP contribution is 2.46. The lowest BCUT2D eigenvalue weighted by Gasteiger charge is -2.26. The third-order valence-corrected chi connectivity index (χ3v) is 7.47. The minimum Gasteiger partial charge on any atom is -0.383 e. The Morgan fingerprint density at radius 1 is 0.941 bits per heavy atom. The number of para-hydroxylation sites is 1. The highest BCUT2D eigenvalue weighted by molar-refractivity contribution is 7.99. The molecule has 1 amide bonds. The maximum absolute atomic E-state index is 13.2. The van der Waals surface area contributed by atoms with Gasteiger partial charge < -0.3 is 11.1 Å². The summed E-state index contributed by atoms with van der Waals surface area (Å²) in [4.78, 5) is 22.7. The maximum atomic E-state index is 13.2. The molecule has 0 saturated heterocycles. The van der Waals surface area contributed by atoms with E-state index in [0.717, 1.165) is 44.6 Å². The quantitative estimate of drug-likeness (QED) is 0.194. The van der Waals surface area contributed by atoms with E-state index in [2.05, 4.69) is 28.5 Å². The van der Waals surface area contributed by atoms with Crippen molar-refractivity contribution in [2.45, 2.75) is 29.6 Å². The van der Waals surface area contributed by atoms with Crippen LogP contribution in [0.1, 0.15) is 24.6 Å². The van der Waals surface area contributed by atoms with Crippen LogP contribution in [0.3, 0.4) is 0 Å². The molecule has 0 aliphatic carbocycles. The number of nitrogens with two attached hydrogens (primary N) is 1. The molecule has 1 aliphatic heterocycles. The molecule has 0 unspecified atom stereocenters. The molecule has 4 aromatic rings. The first-order valence-corrected chi connectivity index (χ1v) is 12.8. The first kappa shape index (κ1) is 22.3. The first-order chi connectivity index (χ1) is 16.6. The van der Waals surface area contributed by atoms with Crippen molar-refractivity contribution in [3.63, 3.8) is 0 Å². The van der Waals surface area contributed by atoms with Crippen LogP contribution in [0.4, 0.5) is 28.4 Å². The van der Waals surface area contributed by atoms with Gasteiger partial charge in [0, 0.05) is 21.9 Å². The van der Waals surface area contributed by atoms with Gasteiger partial charge in [-0.15, -0.1) is 11.3 Å². The SMILES string of the molecule is CCCC(=O)N(c1ccc(N=C(N)c2cccs2)cc1)c1ccc2c(c1)Sc1ccccc1N2. The summed E-state index contributed by atoms with van der Waals surface area (Å²) in [5.74, 6) is 0.548. The van der Waals surface area contributed by atoms with Crippen molar-refractivity contribution >= 4 is 63.3 Å². The second-order valence-electron chi connectivity index (χ2n) is 7.87. The molecule has 3 aromatic carbocycles. The molecule has 7 heteroatoms. The van der Waals surface area contributed by atoms with E-state index in [1.165, 1.54) is 4.90 Å². The Bertz CT molecular complexity index is 1350. The zero-order valence-electron chi connectivity index (χ0n) is 18.7. The minimum absolute atomic E-state index is 0.0611. The number of hydrogen-bond donors (Lipinski definition) is 2. The van der Waals surface area contributed by atoms with Crippen molar-refractivity contribution in [2.24, 2.45) is 10.7 Å². The molecule has 0 saturated carbocycles. The summed E-state index contributed by atoms with van der Waals surface area (Å²) >= 11 is 3.27. The minimum atomic E-state index is 0.0611. The van der Waals surface area contributed by atoms with Crippen molar-refractivity contribution in [3.05, 3.63) is 89.1 Å². The summed E-state index contributed by atoms with van der Waals surface area (Å²) in [6.07, 6.45) is 1.25. The average Bonchev–Trinajstić information content (AvgIpc) is 3.39. The number of fused-ring (bicyclic) bond motifs is 2. The van der Waals surface area contributed by atoms with E-state index >= 15 is 0 Å². The third-order valence-electron chi connectivity index (χ3n) is 5.44. The van der Waals surface area contributed by atoms with Crippen LogP contribution in [-0.2, 0) is 4.79 Å². The predicted molar refractivity (Wildman–Crippen MR) is 143 cm³/mol. The van der Waals surface area contributed by atoms with Crippen LogP contribution in [-0.4, -0.2) is 11.7 Å². The smallest absolute Gasteiger partial charge is 0.231 e. The van der Waals surface area contributed by atoms with E-state index in [-0.39, 0.29) is 5.91 Å². The van der Waals surface area contributed by atoms with Crippen LogP contribution in [0.25, 0.3) is 0 Å². The fourth-order valence-corrected chi connectivity index (χ4v) is 5.47. The lowest BCUT2D eigenvalue weighted by molar-refractivity contribution is -0.117. The molecule has 0 radical (unpaired) electrons. The zero-order chi connectivity index (χ0) is 23.5. The normalized spacial score (nSPS) is 12.4. The lowest BCUT2D eigenvalue weighted by atomic mass is 10.1. The largest absolute Gasteiger partial charge is 0.383 e. The van der Waals surface area contributed by atoms with E-state index < -0.39 is 0 Å². The first-order valence-electron chi connectivity index (χ1n) is 11.1. The van der Waals surface area contributed by atoms with Crippen molar-refractivity contribution in [2.75, 3.05) is 10.2 Å². The number of carbonyl (C=O) groups is 1. The standard InChI is InChI=1S/C27H24N4OS2/c1-2-6-26(32)31(19-12-10-18(11-13-19)29-27(28)24-9-5-16-33-24)20-14-15-22-25(17-20)34-23-8-4-3-7-21(23)30-22/h3-5,7-17,30H,2,6H2,1H3,(H2,28,29). The van der Waals surface area contributed by atoms with Gasteiger partial charge in [-0.1, -0.05) is 36.9 Å². The van der Waals surface area contributed by atoms with Crippen molar-refractivity contribution < 1.29 is 4.79 Å². The number of nitrogens with zero attached hydrogens (tertiary/aromatic N) is 2. The fraction of sp³-hybridized carbons (Fsp3) is 0.111. The lowest BCUT2D eigenvalue weighted by Crippen LogP contribution is -2.25. The summed E-state index contributed by atoms with van der Waals surface area (Å²) in [5.41, 5.74) is 10.7. The van der Waals surface area contributed by atoms with Crippen LogP contribution in [0.2, 0.25) is 0 Å². The summed E-state index contributed by atoms with van der Waals surface area (Å²) < 4.78 is 0. The van der Waals surface area contributed by atoms with E-state index in [1.54, 1.807) is 28.0 Å². The monoisotopic (exact) mass is 484 g/mol. The molecule has 0 atom stereocenters. The van der Waals surface area contributed by atoms with Gasteiger partial charge in [0.2, 0.25) is 5.91 Å². The van der Waals surface area contributed by atoms with Crippen molar-refractivity contribution in [3.8, 4) is 0 Å². The van der Waals surface area contributed by atoms with E-state index in [4.69, 9.17) is 5.73 Å². The number of hydrogen-bond acceptors (Lipinski definition) is 5. The second-order valence-corrected chi connectivity index (χ2v) is 9.91. The fourth-order valence-electron chi connectivity index (χ4n) is 3.82. The highest BCUT2D eigenvalue weighted by atomic mass is 32.2. The van der Waals surface area contributed by atoms with E-state index in [1.807, 2.05) is 73.0 Å². The second kappa shape index (κ2) is 9.75. The van der Waals surface area contributed by atoms with Gasteiger partial charge in [-0.05, 0) is 72.5 Å². The molecular formula is C27H24N4OS2. The number of amidine groups is 1.